The van der Waals surface area contributed by atoms with E-state index in [0.717, 1.165) is 12.5 Å². The summed E-state index contributed by atoms with van der Waals surface area (Å²) in [6.45, 7) is 21.3. The molecule has 1 N–H and O–H groups in total. The molecule has 0 saturated carbocycles. The Labute approximate surface area is 121 Å². The highest BCUT2D eigenvalue weighted by Gasteiger charge is 2.40. The van der Waals surface area contributed by atoms with Gasteiger partial charge >= 0.3 is 0 Å². The SMILES string of the molecule is CCNC1CCN(C(C)(C)CC(C)(C)C)C(C)C1C. The first-order valence-corrected chi connectivity index (χ1v) is 8.08. The van der Waals surface area contributed by atoms with E-state index in [2.05, 4.69) is 65.6 Å². The van der Waals surface area contributed by atoms with Crippen molar-refractivity contribution in [2.24, 2.45) is 11.3 Å². The second kappa shape index (κ2) is 6.13. The van der Waals surface area contributed by atoms with Gasteiger partial charge in [-0.25, -0.2) is 0 Å². The molecule has 1 aliphatic heterocycles. The number of likely N-dealkylation sites (tertiary alicyclic amines) is 1. The summed E-state index contributed by atoms with van der Waals surface area (Å²) >= 11 is 0. The maximum absolute atomic E-state index is 3.66. The minimum atomic E-state index is 0.295. The van der Waals surface area contributed by atoms with Crippen LogP contribution in [0.4, 0.5) is 0 Å². The molecule has 1 fully saturated rings. The Morgan fingerprint density at radius 2 is 1.68 bits per heavy atom. The van der Waals surface area contributed by atoms with E-state index in [-0.39, 0.29) is 0 Å². The first-order valence-electron chi connectivity index (χ1n) is 8.08. The quantitative estimate of drug-likeness (QED) is 0.831. The van der Waals surface area contributed by atoms with Crippen molar-refractivity contribution < 1.29 is 0 Å². The fraction of sp³-hybridized carbons (Fsp3) is 1.00. The van der Waals surface area contributed by atoms with Gasteiger partial charge in [-0.1, -0.05) is 34.6 Å². The highest BCUT2D eigenvalue weighted by atomic mass is 15.2. The van der Waals surface area contributed by atoms with Crippen LogP contribution in [0, 0.1) is 11.3 Å². The molecule has 19 heavy (non-hydrogen) atoms. The van der Waals surface area contributed by atoms with Crippen molar-refractivity contribution in [3.63, 3.8) is 0 Å². The lowest BCUT2D eigenvalue weighted by atomic mass is 9.77. The van der Waals surface area contributed by atoms with Crippen molar-refractivity contribution in [1.82, 2.24) is 10.2 Å². The van der Waals surface area contributed by atoms with E-state index in [4.69, 9.17) is 0 Å². The maximum atomic E-state index is 3.66. The van der Waals surface area contributed by atoms with Crippen LogP contribution in [0.3, 0.4) is 0 Å². The first kappa shape index (κ1) is 17.0. The van der Waals surface area contributed by atoms with Crippen LogP contribution >= 0.6 is 0 Å². The van der Waals surface area contributed by atoms with Crippen molar-refractivity contribution in [2.75, 3.05) is 13.1 Å². The number of hydrogen-bond donors (Lipinski definition) is 1. The molecule has 0 aromatic carbocycles. The monoisotopic (exact) mass is 268 g/mol. The topological polar surface area (TPSA) is 15.3 Å². The van der Waals surface area contributed by atoms with Gasteiger partial charge in [0.2, 0.25) is 0 Å². The van der Waals surface area contributed by atoms with E-state index in [1.165, 1.54) is 19.4 Å². The Morgan fingerprint density at radius 1 is 1.11 bits per heavy atom. The van der Waals surface area contributed by atoms with Crippen molar-refractivity contribution in [3.05, 3.63) is 0 Å². The summed E-state index contributed by atoms with van der Waals surface area (Å²) in [5.41, 5.74) is 0.689. The van der Waals surface area contributed by atoms with Crippen molar-refractivity contribution in [3.8, 4) is 0 Å². The fourth-order valence-corrected chi connectivity index (χ4v) is 4.17. The zero-order valence-corrected chi connectivity index (χ0v) is 14.5. The van der Waals surface area contributed by atoms with E-state index in [9.17, 15) is 0 Å². The summed E-state index contributed by atoms with van der Waals surface area (Å²) in [6, 6.07) is 1.36. The summed E-state index contributed by atoms with van der Waals surface area (Å²) in [5.74, 6) is 0.730. The van der Waals surface area contributed by atoms with Crippen LogP contribution in [0.25, 0.3) is 0 Å². The molecule has 0 amide bonds. The van der Waals surface area contributed by atoms with E-state index in [1.54, 1.807) is 0 Å². The van der Waals surface area contributed by atoms with Gasteiger partial charge in [0.05, 0.1) is 0 Å². The lowest BCUT2D eigenvalue weighted by molar-refractivity contribution is -0.0140. The molecule has 0 aliphatic carbocycles. The van der Waals surface area contributed by atoms with Gasteiger partial charge in [0.15, 0.2) is 0 Å². The highest BCUT2D eigenvalue weighted by Crippen LogP contribution is 2.36. The number of hydrogen-bond acceptors (Lipinski definition) is 2. The number of piperidine rings is 1. The molecule has 3 unspecified atom stereocenters. The van der Waals surface area contributed by atoms with Crippen LogP contribution < -0.4 is 5.32 Å². The molecule has 2 heteroatoms. The minimum Gasteiger partial charge on any atom is -0.314 e. The number of nitrogens with one attached hydrogen (secondary N) is 1. The summed E-state index contributed by atoms with van der Waals surface area (Å²) in [4.78, 5) is 2.75. The van der Waals surface area contributed by atoms with Crippen LogP contribution in [-0.4, -0.2) is 35.6 Å². The van der Waals surface area contributed by atoms with E-state index in [0.29, 0.717) is 23.0 Å². The molecular weight excluding hydrogens is 232 g/mol. The molecule has 1 rings (SSSR count). The lowest BCUT2D eigenvalue weighted by Gasteiger charge is -2.52. The highest BCUT2D eigenvalue weighted by molar-refractivity contribution is 4.96. The minimum absolute atomic E-state index is 0.295. The first-order chi connectivity index (χ1) is 8.58. The predicted molar refractivity (Wildman–Crippen MR) is 85.6 cm³/mol. The molecular formula is C17H36N2. The van der Waals surface area contributed by atoms with Gasteiger partial charge in [0.25, 0.3) is 0 Å². The Bertz CT molecular complexity index is 277. The van der Waals surface area contributed by atoms with Gasteiger partial charge in [0, 0.05) is 24.2 Å². The van der Waals surface area contributed by atoms with Gasteiger partial charge in [-0.2, -0.15) is 0 Å². The zero-order chi connectivity index (χ0) is 14.8. The van der Waals surface area contributed by atoms with Gasteiger partial charge < -0.3 is 5.32 Å². The van der Waals surface area contributed by atoms with Crippen molar-refractivity contribution in [2.45, 2.75) is 85.9 Å². The van der Waals surface area contributed by atoms with Crippen LogP contribution in [0.15, 0.2) is 0 Å². The third-order valence-electron chi connectivity index (χ3n) is 4.77. The fourth-order valence-electron chi connectivity index (χ4n) is 4.17. The summed E-state index contributed by atoms with van der Waals surface area (Å²) in [7, 11) is 0. The van der Waals surface area contributed by atoms with Gasteiger partial charge in [-0.3, -0.25) is 4.90 Å². The zero-order valence-electron chi connectivity index (χ0n) is 14.5. The number of nitrogens with zero attached hydrogens (tertiary/aromatic N) is 1. The predicted octanol–water partition coefficient (Wildman–Crippen LogP) is 3.91. The maximum Gasteiger partial charge on any atom is 0.0161 e. The van der Waals surface area contributed by atoms with Crippen LogP contribution in [0.1, 0.15) is 68.2 Å². The second-order valence-corrected chi connectivity index (χ2v) is 8.30. The third-order valence-corrected chi connectivity index (χ3v) is 4.77. The molecule has 114 valence electrons. The summed E-state index contributed by atoms with van der Waals surface area (Å²) in [6.07, 6.45) is 2.54. The molecule has 0 aromatic rings. The Balaban J connectivity index is 2.75. The molecule has 1 saturated heterocycles. The molecule has 1 aliphatic rings. The van der Waals surface area contributed by atoms with Crippen LogP contribution in [0.2, 0.25) is 0 Å². The van der Waals surface area contributed by atoms with Crippen LogP contribution in [0.5, 0.6) is 0 Å². The van der Waals surface area contributed by atoms with E-state index < -0.39 is 0 Å². The Kier molecular flexibility index (Phi) is 5.48. The molecule has 2 nitrogen and oxygen atoms in total. The van der Waals surface area contributed by atoms with Crippen molar-refractivity contribution >= 4 is 0 Å². The van der Waals surface area contributed by atoms with Crippen LogP contribution in [-0.2, 0) is 0 Å². The smallest absolute Gasteiger partial charge is 0.0161 e. The average molecular weight is 268 g/mol. The normalized spacial score (nSPS) is 30.6. The number of rotatable bonds is 4. The van der Waals surface area contributed by atoms with E-state index in [1.807, 2.05) is 0 Å². The second-order valence-electron chi connectivity index (χ2n) is 8.30. The summed E-state index contributed by atoms with van der Waals surface area (Å²) in [5, 5.41) is 3.66. The van der Waals surface area contributed by atoms with E-state index >= 15 is 0 Å². The van der Waals surface area contributed by atoms with Gasteiger partial charge in [-0.05, 0) is 51.5 Å². The molecule has 0 bridgehead atoms. The summed E-state index contributed by atoms with van der Waals surface area (Å²) < 4.78 is 0. The third kappa shape index (κ3) is 4.46. The Hall–Kier alpha value is -0.0800. The standard InChI is InChI=1S/C17H36N2/c1-9-18-15-10-11-19(14(3)13(15)2)17(7,8)12-16(4,5)6/h13-15,18H,9-12H2,1-8H3. The van der Waals surface area contributed by atoms with Gasteiger partial charge in [-0.15, -0.1) is 0 Å². The molecule has 1 heterocycles. The molecule has 0 aromatic heterocycles. The molecule has 0 spiro atoms. The molecule has 0 radical (unpaired) electrons. The Morgan fingerprint density at radius 3 is 2.16 bits per heavy atom. The van der Waals surface area contributed by atoms with Gasteiger partial charge in [0.1, 0.15) is 0 Å². The molecule has 3 atom stereocenters. The average Bonchev–Trinajstić information content (AvgIpc) is 2.21. The largest absolute Gasteiger partial charge is 0.314 e. The lowest BCUT2D eigenvalue weighted by Crippen LogP contribution is -2.60. The van der Waals surface area contributed by atoms with Crippen molar-refractivity contribution in [1.29, 1.82) is 0 Å².